The first-order chi connectivity index (χ1) is 13.0. The molecule has 7 heteroatoms. The predicted octanol–water partition coefficient (Wildman–Crippen LogP) is 0.871. The molecule has 0 unspecified atom stereocenters. The third kappa shape index (κ3) is 4.78. The van der Waals surface area contributed by atoms with Crippen molar-refractivity contribution in [3.05, 3.63) is 29.8 Å². The third-order valence-electron chi connectivity index (χ3n) is 5.45. The molecule has 3 rings (SSSR count). The molecule has 148 valence electrons. The normalized spacial score (nSPS) is 25.7. The smallest absolute Gasteiger partial charge is 0.251 e. The Morgan fingerprint density at radius 3 is 2.44 bits per heavy atom. The molecule has 1 heterocycles. The van der Waals surface area contributed by atoms with Gasteiger partial charge in [0, 0.05) is 44.4 Å². The zero-order valence-corrected chi connectivity index (χ0v) is 16.1. The maximum Gasteiger partial charge on any atom is 0.251 e. The molecule has 1 aromatic carbocycles. The molecule has 2 N–H and O–H groups in total. The van der Waals surface area contributed by atoms with Gasteiger partial charge in [0.2, 0.25) is 5.91 Å². The first kappa shape index (κ1) is 19.6. The fraction of sp³-hybridized carbons (Fsp3) is 0.600. The summed E-state index contributed by atoms with van der Waals surface area (Å²) in [6.07, 6.45) is 1.02. The summed E-state index contributed by atoms with van der Waals surface area (Å²) in [6.45, 7) is 2.38. The number of hydrogen-bond acceptors (Lipinski definition) is 5. The molecule has 0 spiro atoms. The van der Waals surface area contributed by atoms with E-state index >= 15 is 0 Å². The second-order valence-electron chi connectivity index (χ2n) is 7.54. The Hall–Kier alpha value is -2.12. The molecule has 7 nitrogen and oxygen atoms in total. The number of carbonyl (C=O) groups excluding carboxylic acids is 2. The quantitative estimate of drug-likeness (QED) is 0.816. The van der Waals surface area contributed by atoms with E-state index in [2.05, 4.69) is 5.32 Å². The molecule has 1 aromatic rings. The summed E-state index contributed by atoms with van der Waals surface area (Å²) in [7, 11) is 3.89. The number of hydrogen-bond donors (Lipinski definition) is 2. The number of morpholine rings is 1. The van der Waals surface area contributed by atoms with Gasteiger partial charge in [-0.3, -0.25) is 9.59 Å². The van der Waals surface area contributed by atoms with Gasteiger partial charge in [-0.2, -0.15) is 0 Å². The van der Waals surface area contributed by atoms with Crippen LogP contribution in [-0.4, -0.2) is 74.4 Å². The molecule has 2 fully saturated rings. The fourth-order valence-electron chi connectivity index (χ4n) is 3.74. The van der Waals surface area contributed by atoms with E-state index in [9.17, 15) is 14.7 Å². The van der Waals surface area contributed by atoms with Gasteiger partial charge in [0.05, 0.1) is 25.4 Å². The Kier molecular flexibility index (Phi) is 6.34. The zero-order valence-electron chi connectivity index (χ0n) is 16.1. The number of rotatable bonds is 4. The van der Waals surface area contributed by atoms with Crippen LogP contribution in [-0.2, 0) is 9.53 Å². The first-order valence-electron chi connectivity index (χ1n) is 9.58. The van der Waals surface area contributed by atoms with Gasteiger partial charge in [0.15, 0.2) is 0 Å². The van der Waals surface area contributed by atoms with Crippen molar-refractivity contribution in [1.29, 1.82) is 0 Å². The maximum atomic E-state index is 12.7. The molecular weight excluding hydrogens is 346 g/mol. The minimum Gasteiger partial charge on any atom is -0.391 e. The highest BCUT2D eigenvalue weighted by Crippen LogP contribution is 2.27. The van der Waals surface area contributed by atoms with Crippen LogP contribution in [0.1, 0.15) is 29.6 Å². The van der Waals surface area contributed by atoms with Crippen LogP contribution in [0.25, 0.3) is 0 Å². The molecule has 1 aliphatic carbocycles. The van der Waals surface area contributed by atoms with Crippen LogP contribution < -0.4 is 10.2 Å². The van der Waals surface area contributed by atoms with Crippen LogP contribution in [0.15, 0.2) is 24.3 Å². The van der Waals surface area contributed by atoms with Gasteiger partial charge >= 0.3 is 0 Å². The summed E-state index contributed by atoms with van der Waals surface area (Å²) >= 11 is 0. The number of benzene rings is 1. The van der Waals surface area contributed by atoms with Crippen molar-refractivity contribution >= 4 is 17.5 Å². The Morgan fingerprint density at radius 2 is 1.81 bits per heavy atom. The van der Waals surface area contributed by atoms with Crippen molar-refractivity contribution < 1.29 is 19.4 Å². The molecule has 1 saturated heterocycles. The van der Waals surface area contributed by atoms with Crippen LogP contribution in [0.4, 0.5) is 5.69 Å². The van der Waals surface area contributed by atoms with Gasteiger partial charge in [0.1, 0.15) is 0 Å². The molecule has 2 aliphatic rings. The van der Waals surface area contributed by atoms with Crippen LogP contribution in [0.2, 0.25) is 0 Å². The minimum atomic E-state index is -0.622. The summed E-state index contributed by atoms with van der Waals surface area (Å²) in [5.41, 5.74) is 1.56. The van der Waals surface area contributed by atoms with Crippen molar-refractivity contribution in [1.82, 2.24) is 10.2 Å². The summed E-state index contributed by atoms with van der Waals surface area (Å²) in [5.74, 6) is -0.267. The standard InChI is InChI=1S/C20H29N3O4/c1-22(2)16-6-3-14(4-7-16)19(25)21-17-13-15(5-8-18(17)24)20(26)23-9-11-27-12-10-23/h3-4,6-7,15,17-18,24H,5,8-13H2,1-2H3,(H,21,25)/t15-,17+,18+/m0/s1. The summed E-state index contributed by atoms with van der Waals surface area (Å²) < 4.78 is 5.31. The number of carbonyl (C=O) groups is 2. The number of nitrogens with one attached hydrogen (secondary N) is 1. The van der Waals surface area contributed by atoms with Crippen LogP contribution in [0.3, 0.4) is 0 Å². The number of amides is 2. The molecular formula is C20H29N3O4. The van der Waals surface area contributed by atoms with Crippen LogP contribution in [0, 0.1) is 5.92 Å². The lowest BCUT2D eigenvalue weighted by molar-refractivity contribution is -0.141. The topological polar surface area (TPSA) is 82.1 Å². The molecule has 27 heavy (non-hydrogen) atoms. The minimum absolute atomic E-state index is 0.111. The van der Waals surface area contributed by atoms with Crippen LogP contribution in [0.5, 0.6) is 0 Å². The highest BCUT2D eigenvalue weighted by atomic mass is 16.5. The number of anilines is 1. The van der Waals surface area contributed by atoms with E-state index in [1.54, 1.807) is 12.1 Å². The zero-order chi connectivity index (χ0) is 19.4. The Balaban J connectivity index is 1.60. The Labute approximate surface area is 160 Å². The predicted molar refractivity (Wildman–Crippen MR) is 103 cm³/mol. The van der Waals surface area contributed by atoms with E-state index in [4.69, 9.17) is 4.74 Å². The Bertz CT molecular complexity index is 656. The van der Waals surface area contributed by atoms with E-state index in [1.807, 2.05) is 36.0 Å². The van der Waals surface area contributed by atoms with Gasteiger partial charge < -0.3 is 25.0 Å². The van der Waals surface area contributed by atoms with E-state index in [0.717, 1.165) is 5.69 Å². The highest BCUT2D eigenvalue weighted by molar-refractivity contribution is 5.94. The van der Waals surface area contributed by atoms with Gasteiger partial charge in [-0.15, -0.1) is 0 Å². The van der Waals surface area contributed by atoms with Gasteiger partial charge in [0.25, 0.3) is 5.91 Å². The van der Waals surface area contributed by atoms with Crippen molar-refractivity contribution in [3.63, 3.8) is 0 Å². The molecule has 1 aliphatic heterocycles. The Morgan fingerprint density at radius 1 is 1.15 bits per heavy atom. The molecule has 0 aromatic heterocycles. The van der Waals surface area contributed by atoms with Crippen molar-refractivity contribution in [2.45, 2.75) is 31.4 Å². The average Bonchev–Trinajstić information content (AvgIpc) is 2.69. The largest absolute Gasteiger partial charge is 0.391 e. The number of aliphatic hydroxyl groups excluding tert-OH is 1. The van der Waals surface area contributed by atoms with Gasteiger partial charge in [-0.1, -0.05) is 0 Å². The molecule has 3 atom stereocenters. The SMILES string of the molecule is CN(C)c1ccc(C(=O)N[C@@H]2C[C@@H](C(=O)N3CCOCC3)CC[C@H]2O)cc1. The van der Waals surface area contributed by atoms with E-state index in [1.165, 1.54) is 0 Å². The second-order valence-corrected chi connectivity index (χ2v) is 7.54. The molecule has 1 saturated carbocycles. The van der Waals surface area contributed by atoms with Gasteiger partial charge in [-0.05, 0) is 43.5 Å². The number of aliphatic hydroxyl groups is 1. The number of nitrogens with zero attached hydrogens (tertiary/aromatic N) is 2. The molecule has 2 amide bonds. The fourth-order valence-corrected chi connectivity index (χ4v) is 3.74. The van der Waals surface area contributed by atoms with Crippen LogP contribution >= 0.6 is 0 Å². The lowest BCUT2D eigenvalue weighted by Gasteiger charge is -2.36. The van der Waals surface area contributed by atoms with E-state index < -0.39 is 12.1 Å². The lowest BCUT2D eigenvalue weighted by atomic mass is 9.82. The molecule has 0 radical (unpaired) electrons. The van der Waals surface area contributed by atoms with Crippen molar-refractivity contribution in [3.8, 4) is 0 Å². The maximum absolute atomic E-state index is 12.7. The monoisotopic (exact) mass is 375 g/mol. The van der Waals surface area contributed by atoms with Crippen molar-refractivity contribution in [2.24, 2.45) is 5.92 Å². The average molecular weight is 375 g/mol. The summed E-state index contributed by atoms with van der Waals surface area (Å²) in [5, 5.41) is 13.2. The van der Waals surface area contributed by atoms with E-state index in [0.29, 0.717) is 51.1 Å². The van der Waals surface area contributed by atoms with Gasteiger partial charge in [-0.25, -0.2) is 0 Å². The molecule has 0 bridgehead atoms. The number of ether oxygens (including phenoxy) is 1. The summed E-state index contributed by atoms with van der Waals surface area (Å²) in [4.78, 5) is 29.1. The third-order valence-corrected chi connectivity index (χ3v) is 5.45. The van der Waals surface area contributed by atoms with Crippen molar-refractivity contribution in [2.75, 3.05) is 45.3 Å². The second kappa shape index (κ2) is 8.71. The lowest BCUT2D eigenvalue weighted by Crippen LogP contribution is -2.51. The highest BCUT2D eigenvalue weighted by Gasteiger charge is 2.36. The first-order valence-corrected chi connectivity index (χ1v) is 9.58. The summed E-state index contributed by atoms with van der Waals surface area (Å²) in [6, 6.07) is 6.91. The van der Waals surface area contributed by atoms with E-state index in [-0.39, 0.29) is 17.7 Å².